The van der Waals surface area contributed by atoms with Crippen molar-refractivity contribution in [2.75, 3.05) is 22.9 Å². The van der Waals surface area contributed by atoms with E-state index in [1.807, 2.05) is 25.1 Å². The number of nitrogens with two attached hydrogens (primary N) is 1. The Labute approximate surface area is 189 Å². The summed E-state index contributed by atoms with van der Waals surface area (Å²) in [6.45, 7) is 2.93. The topological polar surface area (TPSA) is 102 Å². The molecular formula is C24H22FN5O3. The van der Waals surface area contributed by atoms with Gasteiger partial charge in [0.1, 0.15) is 11.5 Å². The molecule has 2 N–H and O–H groups in total. The van der Waals surface area contributed by atoms with Crippen molar-refractivity contribution < 1.29 is 18.8 Å². The van der Waals surface area contributed by atoms with E-state index in [2.05, 4.69) is 5.10 Å². The molecule has 8 nitrogen and oxygen atoms in total. The Hall–Kier alpha value is -4.01. The molecule has 0 aliphatic carbocycles. The van der Waals surface area contributed by atoms with Crippen LogP contribution in [0, 0.1) is 12.7 Å². The second-order valence-corrected chi connectivity index (χ2v) is 8.26. The number of amides is 3. The van der Waals surface area contributed by atoms with Crippen molar-refractivity contribution in [1.29, 1.82) is 0 Å². The first-order valence-corrected chi connectivity index (χ1v) is 10.8. The van der Waals surface area contributed by atoms with Gasteiger partial charge in [-0.3, -0.25) is 14.4 Å². The van der Waals surface area contributed by atoms with Gasteiger partial charge in [-0.1, -0.05) is 6.07 Å². The third-order valence-electron chi connectivity index (χ3n) is 6.16. The van der Waals surface area contributed by atoms with Gasteiger partial charge in [0.2, 0.25) is 5.91 Å². The number of nitrogens with zero attached hydrogens (tertiary/aromatic N) is 4. The summed E-state index contributed by atoms with van der Waals surface area (Å²) in [5.41, 5.74) is 8.91. The van der Waals surface area contributed by atoms with Crippen LogP contribution in [0.15, 0.2) is 42.5 Å². The fourth-order valence-corrected chi connectivity index (χ4v) is 4.61. The standard InChI is InChI=1S/C24H22FN5O3/c1-14-12-16(7-8-19(14)29-10-3-6-20(29)31)28-11-9-18-21(23(26)32)27-30(22(18)24(28)33)17-5-2-4-15(25)13-17/h2,4-5,7-8,12-13H,3,6,9-11H2,1H3,(H2,26,32). The fraction of sp³-hybridized carbons (Fsp3) is 0.250. The van der Waals surface area contributed by atoms with Gasteiger partial charge in [-0.25, -0.2) is 9.07 Å². The van der Waals surface area contributed by atoms with Crippen molar-refractivity contribution in [3.8, 4) is 5.69 Å². The van der Waals surface area contributed by atoms with E-state index in [0.29, 0.717) is 42.9 Å². The average molecular weight is 447 g/mol. The maximum absolute atomic E-state index is 13.9. The maximum atomic E-state index is 13.9. The molecule has 2 aliphatic rings. The van der Waals surface area contributed by atoms with Crippen LogP contribution in [0.5, 0.6) is 0 Å². The Morgan fingerprint density at radius 3 is 2.52 bits per heavy atom. The summed E-state index contributed by atoms with van der Waals surface area (Å²) < 4.78 is 15.2. The number of rotatable bonds is 4. The predicted octanol–water partition coefficient (Wildman–Crippen LogP) is 2.75. The first-order chi connectivity index (χ1) is 15.8. The molecule has 0 atom stereocenters. The lowest BCUT2D eigenvalue weighted by Gasteiger charge is -2.29. The molecule has 168 valence electrons. The normalized spacial score (nSPS) is 15.8. The Morgan fingerprint density at radius 2 is 1.85 bits per heavy atom. The second kappa shape index (κ2) is 7.84. The number of aryl methyl sites for hydroxylation is 1. The van der Waals surface area contributed by atoms with Crippen LogP contribution in [-0.4, -0.2) is 40.6 Å². The number of halogens is 1. The number of fused-ring (bicyclic) bond motifs is 1. The molecule has 3 heterocycles. The Morgan fingerprint density at radius 1 is 1.03 bits per heavy atom. The molecule has 5 rings (SSSR count). The minimum absolute atomic E-state index is 0.0151. The largest absolute Gasteiger partial charge is 0.364 e. The van der Waals surface area contributed by atoms with Crippen LogP contribution in [0.25, 0.3) is 5.69 Å². The SMILES string of the molecule is Cc1cc(N2CCc3c(C(N)=O)nn(-c4cccc(F)c4)c3C2=O)ccc1N1CCCC1=O. The smallest absolute Gasteiger partial charge is 0.277 e. The van der Waals surface area contributed by atoms with E-state index in [4.69, 9.17) is 5.73 Å². The van der Waals surface area contributed by atoms with Crippen LogP contribution in [0.4, 0.5) is 15.8 Å². The highest BCUT2D eigenvalue weighted by Gasteiger charge is 2.35. The van der Waals surface area contributed by atoms with Crippen LogP contribution >= 0.6 is 0 Å². The number of primary amides is 1. The number of carbonyl (C=O) groups is 3. The van der Waals surface area contributed by atoms with E-state index in [9.17, 15) is 18.8 Å². The van der Waals surface area contributed by atoms with E-state index >= 15 is 0 Å². The molecule has 1 saturated heterocycles. The van der Waals surface area contributed by atoms with Crippen molar-refractivity contribution in [3.05, 3.63) is 70.8 Å². The average Bonchev–Trinajstić information content (AvgIpc) is 3.38. The van der Waals surface area contributed by atoms with Crippen LogP contribution in [-0.2, 0) is 11.2 Å². The summed E-state index contributed by atoms with van der Waals surface area (Å²) in [4.78, 5) is 41.1. The van der Waals surface area contributed by atoms with Gasteiger partial charge in [-0.2, -0.15) is 5.10 Å². The Kier molecular flexibility index (Phi) is 4.96. The van der Waals surface area contributed by atoms with E-state index in [-0.39, 0.29) is 23.2 Å². The number of carbonyl (C=O) groups excluding carboxylic acids is 3. The van der Waals surface area contributed by atoms with Gasteiger partial charge >= 0.3 is 0 Å². The van der Waals surface area contributed by atoms with Gasteiger partial charge in [-0.05, 0) is 61.7 Å². The number of benzene rings is 2. The molecule has 3 aromatic rings. The first-order valence-electron chi connectivity index (χ1n) is 10.8. The van der Waals surface area contributed by atoms with Crippen LogP contribution in [0.1, 0.15) is 44.9 Å². The number of anilines is 2. The second-order valence-electron chi connectivity index (χ2n) is 8.26. The quantitative estimate of drug-likeness (QED) is 0.664. The van der Waals surface area contributed by atoms with Gasteiger partial charge in [0.05, 0.1) is 5.69 Å². The van der Waals surface area contributed by atoms with Crippen molar-refractivity contribution in [1.82, 2.24) is 9.78 Å². The van der Waals surface area contributed by atoms with Crippen molar-refractivity contribution in [3.63, 3.8) is 0 Å². The molecule has 33 heavy (non-hydrogen) atoms. The third kappa shape index (κ3) is 3.45. The lowest BCUT2D eigenvalue weighted by atomic mass is 10.0. The number of hydrogen-bond donors (Lipinski definition) is 1. The summed E-state index contributed by atoms with van der Waals surface area (Å²) >= 11 is 0. The summed E-state index contributed by atoms with van der Waals surface area (Å²) in [6.07, 6.45) is 1.75. The highest BCUT2D eigenvalue weighted by Crippen LogP contribution is 2.32. The lowest BCUT2D eigenvalue weighted by Crippen LogP contribution is -2.39. The molecule has 0 unspecified atom stereocenters. The van der Waals surface area contributed by atoms with Crippen molar-refractivity contribution in [2.24, 2.45) is 5.73 Å². The van der Waals surface area contributed by atoms with Gasteiger partial charge in [0.25, 0.3) is 11.8 Å². The summed E-state index contributed by atoms with van der Waals surface area (Å²) in [5.74, 6) is -1.48. The van der Waals surface area contributed by atoms with E-state index < -0.39 is 11.7 Å². The molecule has 2 aromatic carbocycles. The van der Waals surface area contributed by atoms with Crippen molar-refractivity contribution >= 4 is 29.1 Å². The summed E-state index contributed by atoms with van der Waals surface area (Å²) in [5, 5.41) is 4.26. The Balaban J connectivity index is 1.55. The zero-order valence-corrected chi connectivity index (χ0v) is 18.0. The monoisotopic (exact) mass is 447 g/mol. The molecule has 1 aromatic heterocycles. The minimum atomic E-state index is -0.738. The summed E-state index contributed by atoms with van der Waals surface area (Å²) in [6, 6.07) is 11.2. The highest BCUT2D eigenvalue weighted by atomic mass is 19.1. The first kappa shape index (κ1) is 20.9. The van der Waals surface area contributed by atoms with Crippen LogP contribution in [0.2, 0.25) is 0 Å². The van der Waals surface area contributed by atoms with Crippen LogP contribution in [0.3, 0.4) is 0 Å². The number of hydrogen-bond acceptors (Lipinski definition) is 4. The molecule has 0 spiro atoms. The zero-order valence-electron chi connectivity index (χ0n) is 18.0. The molecule has 2 aliphatic heterocycles. The van der Waals surface area contributed by atoms with Gasteiger partial charge in [0.15, 0.2) is 5.69 Å². The zero-order chi connectivity index (χ0) is 23.3. The molecular weight excluding hydrogens is 425 g/mol. The van der Waals surface area contributed by atoms with E-state index in [1.165, 1.54) is 22.9 Å². The molecule has 0 saturated carbocycles. The van der Waals surface area contributed by atoms with Gasteiger partial charge in [0, 0.05) is 36.4 Å². The maximum Gasteiger partial charge on any atom is 0.277 e. The van der Waals surface area contributed by atoms with E-state index in [1.54, 1.807) is 15.9 Å². The number of aromatic nitrogens is 2. The lowest BCUT2D eigenvalue weighted by molar-refractivity contribution is -0.117. The predicted molar refractivity (Wildman–Crippen MR) is 120 cm³/mol. The fourth-order valence-electron chi connectivity index (χ4n) is 4.61. The third-order valence-corrected chi connectivity index (χ3v) is 6.16. The minimum Gasteiger partial charge on any atom is -0.364 e. The van der Waals surface area contributed by atoms with E-state index in [0.717, 1.165) is 17.7 Å². The van der Waals surface area contributed by atoms with Gasteiger partial charge < -0.3 is 15.5 Å². The molecule has 0 radical (unpaired) electrons. The van der Waals surface area contributed by atoms with Crippen molar-refractivity contribution in [2.45, 2.75) is 26.2 Å². The summed E-state index contributed by atoms with van der Waals surface area (Å²) in [7, 11) is 0. The van der Waals surface area contributed by atoms with Gasteiger partial charge in [-0.15, -0.1) is 0 Å². The van der Waals surface area contributed by atoms with Crippen LogP contribution < -0.4 is 15.5 Å². The highest BCUT2D eigenvalue weighted by molar-refractivity contribution is 6.09. The molecule has 0 bridgehead atoms. The molecule has 3 amide bonds. The Bertz CT molecular complexity index is 1320. The molecule has 1 fully saturated rings. The molecule has 9 heteroatoms.